The van der Waals surface area contributed by atoms with Crippen LogP contribution >= 0.6 is 0 Å². The van der Waals surface area contributed by atoms with Gasteiger partial charge in [-0.25, -0.2) is 0 Å². The second kappa shape index (κ2) is 7.85. The average Bonchev–Trinajstić information content (AvgIpc) is 2.71. The van der Waals surface area contributed by atoms with E-state index in [0.29, 0.717) is 17.9 Å². The third-order valence-corrected chi connectivity index (χ3v) is 5.78. The van der Waals surface area contributed by atoms with Crippen LogP contribution in [0.3, 0.4) is 0 Å². The number of hydrogen-bond donors (Lipinski definition) is 2. The molecule has 0 aliphatic carbocycles. The summed E-state index contributed by atoms with van der Waals surface area (Å²) >= 11 is 0. The van der Waals surface area contributed by atoms with Crippen LogP contribution < -0.4 is 15.8 Å². The fraction of sp³-hybridized carbons (Fsp3) is 0.292. The summed E-state index contributed by atoms with van der Waals surface area (Å²) in [6.07, 6.45) is 0. The van der Waals surface area contributed by atoms with E-state index in [4.69, 9.17) is 10.5 Å². The Labute approximate surface area is 171 Å². The standard InChI is InChI=1S/C24H27N3O2/c1-26-12-13-29-18-10-11-22(20(14-18)23(25)28)24(15-27(2)16-24)21-9-5-7-17-6-3-4-8-19(17)21/h3-11,14,26H,12-13,15-16H2,1-2H3,(H2,25,28). The number of likely N-dealkylation sites (tertiary alicyclic amines) is 1. The van der Waals surface area contributed by atoms with Gasteiger partial charge in [-0.3, -0.25) is 4.79 Å². The number of nitrogens with two attached hydrogens (primary N) is 1. The highest BCUT2D eigenvalue weighted by Gasteiger charge is 2.46. The van der Waals surface area contributed by atoms with Crippen LogP contribution in [-0.2, 0) is 5.41 Å². The number of rotatable bonds is 7. The summed E-state index contributed by atoms with van der Waals surface area (Å²) in [6.45, 7) is 2.94. The quantitative estimate of drug-likeness (QED) is 0.610. The molecule has 150 valence electrons. The van der Waals surface area contributed by atoms with Crippen molar-refractivity contribution >= 4 is 16.7 Å². The molecule has 1 aliphatic heterocycles. The minimum atomic E-state index is -0.423. The van der Waals surface area contributed by atoms with Gasteiger partial charge < -0.3 is 20.7 Å². The number of hydrogen-bond acceptors (Lipinski definition) is 4. The molecule has 29 heavy (non-hydrogen) atoms. The van der Waals surface area contributed by atoms with Gasteiger partial charge >= 0.3 is 0 Å². The van der Waals surface area contributed by atoms with E-state index in [2.05, 4.69) is 59.7 Å². The van der Waals surface area contributed by atoms with Crippen molar-refractivity contribution in [1.29, 1.82) is 0 Å². The SMILES string of the molecule is CNCCOc1ccc(C2(c3cccc4ccccc34)CN(C)C2)c(C(N)=O)c1. The van der Waals surface area contributed by atoms with Gasteiger partial charge in [-0.2, -0.15) is 0 Å². The van der Waals surface area contributed by atoms with E-state index in [1.54, 1.807) is 6.07 Å². The van der Waals surface area contributed by atoms with Crippen molar-refractivity contribution in [3.63, 3.8) is 0 Å². The molecule has 1 aliphatic rings. The molecule has 0 saturated carbocycles. The number of fused-ring (bicyclic) bond motifs is 1. The zero-order chi connectivity index (χ0) is 20.4. The molecule has 3 N–H and O–H groups in total. The Kier molecular flexibility index (Phi) is 5.26. The number of nitrogens with one attached hydrogen (secondary N) is 1. The molecule has 1 saturated heterocycles. The lowest BCUT2D eigenvalue weighted by Gasteiger charge is -2.50. The van der Waals surface area contributed by atoms with Gasteiger partial charge in [0.25, 0.3) is 0 Å². The van der Waals surface area contributed by atoms with Crippen molar-refractivity contribution in [3.8, 4) is 5.75 Å². The topological polar surface area (TPSA) is 67.6 Å². The normalized spacial score (nSPS) is 15.8. The molecular formula is C24H27N3O2. The minimum Gasteiger partial charge on any atom is -0.492 e. The first-order valence-electron chi connectivity index (χ1n) is 9.94. The Morgan fingerprint density at radius 2 is 1.86 bits per heavy atom. The van der Waals surface area contributed by atoms with Gasteiger partial charge in [-0.05, 0) is 48.1 Å². The van der Waals surface area contributed by atoms with Crippen LogP contribution in [-0.4, -0.2) is 51.1 Å². The number of carbonyl (C=O) groups is 1. The molecule has 5 heteroatoms. The zero-order valence-corrected chi connectivity index (χ0v) is 16.9. The monoisotopic (exact) mass is 389 g/mol. The lowest BCUT2D eigenvalue weighted by Crippen LogP contribution is -2.58. The first kappa shape index (κ1) is 19.4. The lowest BCUT2D eigenvalue weighted by molar-refractivity contribution is 0.0983. The number of ether oxygens (including phenoxy) is 1. The second-order valence-corrected chi connectivity index (χ2v) is 7.80. The number of amides is 1. The zero-order valence-electron chi connectivity index (χ0n) is 16.9. The molecule has 1 amide bonds. The molecule has 5 nitrogen and oxygen atoms in total. The van der Waals surface area contributed by atoms with Crippen molar-refractivity contribution in [2.75, 3.05) is 40.3 Å². The van der Waals surface area contributed by atoms with Crippen LogP contribution in [0.15, 0.2) is 60.7 Å². The molecule has 0 unspecified atom stereocenters. The van der Waals surface area contributed by atoms with Gasteiger partial charge in [0.2, 0.25) is 5.91 Å². The molecule has 1 fully saturated rings. The summed E-state index contributed by atoms with van der Waals surface area (Å²) in [6, 6.07) is 20.6. The first-order valence-corrected chi connectivity index (χ1v) is 9.94. The minimum absolute atomic E-state index is 0.274. The van der Waals surface area contributed by atoms with Crippen LogP contribution in [0, 0.1) is 0 Å². The van der Waals surface area contributed by atoms with Crippen molar-refractivity contribution in [2.24, 2.45) is 5.73 Å². The second-order valence-electron chi connectivity index (χ2n) is 7.80. The molecule has 1 heterocycles. The van der Waals surface area contributed by atoms with Crippen molar-refractivity contribution < 1.29 is 9.53 Å². The smallest absolute Gasteiger partial charge is 0.249 e. The van der Waals surface area contributed by atoms with Gasteiger partial charge in [0.15, 0.2) is 0 Å². The van der Waals surface area contributed by atoms with Crippen LogP contribution in [0.5, 0.6) is 5.75 Å². The molecule has 4 rings (SSSR count). The van der Waals surface area contributed by atoms with Gasteiger partial charge in [0.05, 0.1) is 0 Å². The fourth-order valence-corrected chi connectivity index (χ4v) is 4.51. The molecule has 0 bridgehead atoms. The Balaban J connectivity index is 1.84. The summed E-state index contributed by atoms with van der Waals surface area (Å²) in [5, 5.41) is 5.47. The Hall–Kier alpha value is -2.89. The number of carbonyl (C=O) groups excluding carboxylic acids is 1. The van der Waals surface area contributed by atoms with Crippen molar-refractivity contribution in [2.45, 2.75) is 5.41 Å². The highest BCUT2D eigenvalue weighted by Crippen LogP contribution is 2.44. The highest BCUT2D eigenvalue weighted by atomic mass is 16.5. The van der Waals surface area contributed by atoms with Crippen LogP contribution in [0.25, 0.3) is 10.8 Å². The Morgan fingerprint density at radius 3 is 2.59 bits per heavy atom. The van der Waals surface area contributed by atoms with E-state index in [1.165, 1.54) is 16.3 Å². The van der Waals surface area contributed by atoms with E-state index < -0.39 is 5.91 Å². The predicted octanol–water partition coefficient (Wildman–Crippen LogP) is 2.77. The Morgan fingerprint density at radius 1 is 1.10 bits per heavy atom. The molecular weight excluding hydrogens is 362 g/mol. The molecule has 3 aromatic carbocycles. The van der Waals surface area contributed by atoms with E-state index in [0.717, 1.165) is 25.2 Å². The summed E-state index contributed by atoms with van der Waals surface area (Å²) in [7, 11) is 3.98. The van der Waals surface area contributed by atoms with Crippen LogP contribution in [0.4, 0.5) is 0 Å². The molecule has 0 spiro atoms. The summed E-state index contributed by atoms with van der Waals surface area (Å²) in [5.74, 6) is 0.242. The van der Waals surface area contributed by atoms with Crippen molar-refractivity contribution in [3.05, 3.63) is 77.4 Å². The third kappa shape index (κ3) is 3.48. The van der Waals surface area contributed by atoms with Crippen LogP contribution in [0.2, 0.25) is 0 Å². The summed E-state index contributed by atoms with van der Waals surface area (Å²) in [5.41, 5.74) is 8.29. The molecule has 0 radical (unpaired) electrons. The largest absolute Gasteiger partial charge is 0.492 e. The van der Waals surface area contributed by atoms with E-state index in [1.807, 2.05) is 19.2 Å². The fourth-order valence-electron chi connectivity index (χ4n) is 4.51. The number of benzene rings is 3. The molecule has 0 aromatic heterocycles. The summed E-state index contributed by atoms with van der Waals surface area (Å²) in [4.78, 5) is 14.7. The lowest BCUT2D eigenvalue weighted by atomic mass is 9.66. The highest BCUT2D eigenvalue weighted by molar-refractivity contribution is 5.96. The third-order valence-electron chi connectivity index (χ3n) is 5.78. The average molecular weight is 389 g/mol. The first-order chi connectivity index (χ1) is 14.0. The van der Waals surface area contributed by atoms with E-state index >= 15 is 0 Å². The van der Waals surface area contributed by atoms with Crippen molar-refractivity contribution in [1.82, 2.24) is 10.2 Å². The number of nitrogens with zero attached hydrogens (tertiary/aromatic N) is 1. The predicted molar refractivity (Wildman–Crippen MR) is 117 cm³/mol. The van der Waals surface area contributed by atoms with Gasteiger partial charge in [-0.1, -0.05) is 48.5 Å². The van der Waals surface area contributed by atoms with Crippen LogP contribution in [0.1, 0.15) is 21.5 Å². The maximum Gasteiger partial charge on any atom is 0.249 e. The summed E-state index contributed by atoms with van der Waals surface area (Å²) < 4.78 is 5.77. The van der Waals surface area contributed by atoms with E-state index in [9.17, 15) is 4.79 Å². The Bertz CT molecular complexity index is 1040. The number of primary amides is 1. The molecule has 3 aromatic rings. The molecule has 0 atom stereocenters. The van der Waals surface area contributed by atoms with Gasteiger partial charge in [0.1, 0.15) is 12.4 Å². The maximum absolute atomic E-state index is 12.4. The van der Waals surface area contributed by atoms with E-state index in [-0.39, 0.29) is 5.41 Å². The van der Waals surface area contributed by atoms with Gasteiger partial charge in [0, 0.05) is 30.6 Å². The number of likely N-dealkylation sites (N-methyl/N-ethyl adjacent to an activating group) is 2. The maximum atomic E-state index is 12.4. The van der Waals surface area contributed by atoms with Gasteiger partial charge in [-0.15, -0.1) is 0 Å².